The molecule has 13 heteroatoms. The molecule has 0 spiro atoms. The van der Waals surface area contributed by atoms with E-state index >= 15 is 0 Å². The van der Waals surface area contributed by atoms with Crippen LogP contribution in [0.1, 0.15) is 5.69 Å². The number of nitrogens with one attached hydrogen (secondary N) is 1. The molecular formula is C17H13FN6O4S2. The summed E-state index contributed by atoms with van der Waals surface area (Å²) in [6, 6.07) is 7.99. The number of benzene rings is 1. The fourth-order valence-corrected chi connectivity index (χ4v) is 5.03. The molecule has 0 unspecified atom stereocenters. The molecule has 3 aromatic heterocycles. The fourth-order valence-electron chi connectivity index (χ4n) is 3.22. The van der Waals surface area contributed by atoms with Crippen LogP contribution < -0.4 is 18.5 Å². The van der Waals surface area contributed by atoms with Gasteiger partial charge in [0.2, 0.25) is 0 Å². The molecule has 0 atom stereocenters. The number of pyridine rings is 1. The largest absolute Gasteiger partial charge is 0.700 e. The highest BCUT2D eigenvalue weighted by Crippen LogP contribution is 2.38. The molecule has 0 saturated heterocycles. The minimum atomic E-state index is -4.29. The maximum absolute atomic E-state index is 14.8. The van der Waals surface area contributed by atoms with Crippen LogP contribution in [0.2, 0.25) is 0 Å². The van der Waals surface area contributed by atoms with Gasteiger partial charge in [0.1, 0.15) is 28.0 Å². The molecule has 4 heterocycles. The van der Waals surface area contributed by atoms with Gasteiger partial charge in [0, 0.05) is 17.8 Å². The second-order valence-corrected chi connectivity index (χ2v) is 9.04. The third-order valence-corrected chi connectivity index (χ3v) is 6.71. The van der Waals surface area contributed by atoms with Crippen LogP contribution in [0.5, 0.6) is 5.75 Å². The molecule has 1 aromatic carbocycles. The summed E-state index contributed by atoms with van der Waals surface area (Å²) in [5.74, 6) is -0.697. The molecule has 0 amide bonds. The zero-order valence-corrected chi connectivity index (χ0v) is 16.7. The Morgan fingerprint density at radius 1 is 1.37 bits per heavy atom. The number of aromatic nitrogens is 4. The Kier molecular flexibility index (Phi) is 4.22. The maximum atomic E-state index is 14.8. The summed E-state index contributed by atoms with van der Waals surface area (Å²) >= 11 is 0.534. The number of rotatable bonds is 5. The number of hydrogen-bond acceptors (Lipinski definition) is 8. The third kappa shape index (κ3) is 3.17. The van der Waals surface area contributed by atoms with Crippen LogP contribution in [0.25, 0.3) is 5.52 Å². The Balaban J connectivity index is 1.45. The number of ether oxygens (including phenoxy) is 1. The standard InChI is InChI=1S/C17H13FN6O4S2/c18-13-4-14-15(5-16(13)30(26,27)21-17-20-9-24(25)29-17)28-10-22(14)7-12-3-1-2-11-6-19-8-23(11)12/h1-6,8-9H,7,10H2,(H,20,21). The highest BCUT2D eigenvalue weighted by molar-refractivity contribution is 7.93. The molecule has 1 N–H and O–H groups in total. The van der Waals surface area contributed by atoms with E-state index < -0.39 is 20.7 Å². The van der Waals surface area contributed by atoms with Gasteiger partial charge in [-0.25, -0.2) is 22.5 Å². The van der Waals surface area contributed by atoms with Gasteiger partial charge in [-0.15, -0.1) is 0 Å². The first kappa shape index (κ1) is 18.6. The molecule has 10 nitrogen and oxygen atoms in total. The molecule has 30 heavy (non-hydrogen) atoms. The molecule has 0 radical (unpaired) electrons. The first-order chi connectivity index (χ1) is 14.4. The lowest BCUT2D eigenvalue weighted by molar-refractivity contribution is -0.532. The molecule has 4 aromatic rings. The van der Waals surface area contributed by atoms with E-state index in [1.165, 1.54) is 0 Å². The van der Waals surface area contributed by atoms with Crippen LogP contribution in [0.15, 0.2) is 54.1 Å². The van der Waals surface area contributed by atoms with Crippen LogP contribution in [-0.4, -0.2) is 29.5 Å². The summed E-state index contributed by atoms with van der Waals surface area (Å²) < 4.78 is 49.8. The van der Waals surface area contributed by atoms with Gasteiger partial charge in [-0.3, -0.25) is 0 Å². The number of sulfonamides is 1. The van der Waals surface area contributed by atoms with Crippen molar-refractivity contribution in [3.05, 3.63) is 65.9 Å². The van der Waals surface area contributed by atoms with Gasteiger partial charge in [0.15, 0.2) is 6.73 Å². The molecule has 1 aliphatic rings. The molecular weight excluding hydrogens is 435 g/mol. The quantitative estimate of drug-likeness (QED) is 0.365. The average Bonchev–Trinajstić information content (AvgIpc) is 3.42. The topological polar surface area (TPSA) is 116 Å². The third-order valence-electron chi connectivity index (χ3n) is 4.57. The van der Waals surface area contributed by atoms with Gasteiger partial charge in [-0.1, -0.05) is 6.07 Å². The average molecular weight is 448 g/mol. The van der Waals surface area contributed by atoms with Crippen molar-refractivity contribution >= 4 is 37.9 Å². The molecule has 1 aliphatic heterocycles. The minimum Gasteiger partial charge on any atom is -0.700 e. The van der Waals surface area contributed by atoms with Crippen molar-refractivity contribution in [3.8, 4) is 5.75 Å². The van der Waals surface area contributed by atoms with Crippen LogP contribution in [0.3, 0.4) is 0 Å². The Morgan fingerprint density at radius 3 is 3.03 bits per heavy atom. The van der Waals surface area contributed by atoms with E-state index in [4.69, 9.17) is 4.74 Å². The van der Waals surface area contributed by atoms with Crippen molar-refractivity contribution in [3.63, 3.8) is 0 Å². The predicted octanol–water partition coefficient (Wildman–Crippen LogP) is 1.72. The summed E-state index contributed by atoms with van der Waals surface area (Å²) in [6.45, 7) is 0.548. The number of imidazole rings is 1. The Bertz CT molecular complexity index is 1370. The Hall–Kier alpha value is -3.45. The summed E-state index contributed by atoms with van der Waals surface area (Å²) in [5, 5.41) is 11.0. The van der Waals surface area contributed by atoms with Crippen LogP contribution in [0.4, 0.5) is 15.2 Å². The minimum absolute atomic E-state index is 0.138. The number of fused-ring (bicyclic) bond motifs is 2. The highest BCUT2D eigenvalue weighted by atomic mass is 32.2. The Morgan fingerprint density at radius 2 is 2.23 bits per heavy atom. The Labute approximate surface area is 173 Å². The highest BCUT2D eigenvalue weighted by Gasteiger charge is 2.29. The summed E-state index contributed by atoms with van der Waals surface area (Å²) in [6.07, 6.45) is 4.33. The first-order valence-electron chi connectivity index (χ1n) is 8.60. The van der Waals surface area contributed by atoms with Crippen molar-refractivity contribution in [1.82, 2.24) is 14.4 Å². The zero-order valence-electron chi connectivity index (χ0n) is 15.1. The number of hydrogen-bond donors (Lipinski definition) is 1. The van der Waals surface area contributed by atoms with Gasteiger partial charge in [-0.2, -0.15) is 4.12 Å². The number of halogens is 1. The molecule has 0 saturated carbocycles. The lowest BCUT2D eigenvalue weighted by Gasteiger charge is -2.18. The van der Waals surface area contributed by atoms with E-state index in [9.17, 15) is 18.0 Å². The van der Waals surface area contributed by atoms with Gasteiger partial charge in [0.05, 0.1) is 30.3 Å². The van der Waals surface area contributed by atoms with Crippen LogP contribution in [-0.2, 0) is 16.6 Å². The van der Waals surface area contributed by atoms with Gasteiger partial charge in [0.25, 0.3) is 10.0 Å². The lowest BCUT2D eigenvalue weighted by atomic mass is 10.2. The fraction of sp³-hybridized carbons (Fsp3) is 0.118. The van der Waals surface area contributed by atoms with Gasteiger partial charge < -0.3 is 19.2 Å². The van der Waals surface area contributed by atoms with E-state index in [0.717, 1.165) is 29.7 Å². The predicted molar refractivity (Wildman–Crippen MR) is 105 cm³/mol. The molecule has 0 fully saturated rings. The van der Waals surface area contributed by atoms with Gasteiger partial charge in [-0.05, 0) is 17.1 Å². The smallest absolute Gasteiger partial charge is 0.348 e. The zero-order chi connectivity index (χ0) is 20.9. The van der Waals surface area contributed by atoms with Crippen molar-refractivity contribution < 1.29 is 21.7 Å². The van der Waals surface area contributed by atoms with E-state index in [1.54, 1.807) is 17.4 Å². The monoisotopic (exact) mass is 448 g/mol. The van der Waals surface area contributed by atoms with E-state index in [-0.39, 0.29) is 17.6 Å². The number of nitrogens with zero attached hydrogens (tertiary/aromatic N) is 5. The van der Waals surface area contributed by atoms with Crippen molar-refractivity contribution in [2.24, 2.45) is 0 Å². The summed E-state index contributed by atoms with van der Waals surface area (Å²) in [7, 11) is -4.29. The summed E-state index contributed by atoms with van der Waals surface area (Å²) in [4.78, 5) is 8.94. The van der Waals surface area contributed by atoms with Crippen molar-refractivity contribution in [1.29, 1.82) is 0 Å². The first-order valence-corrected chi connectivity index (χ1v) is 10.9. The van der Waals surface area contributed by atoms with Crippen molar-refractivity contribution in [2.75, 3.05) is 16.4 Å². The maximum Gasteiger partial charge on any atom is 0.348 e. The van der Waals surface area contributed by atoms with Crippen molar-refractivity contribution in [2.45, 2.75) is 11.4 Å². The lowest BCUT2D eigenvalue weighted by Crippen LogP contribution is -2.22. The molecule has 5 rings (SSSR count). The molecule has 154 valence electrons. The SMILES string of the molecule is O=S(=O)(Nc1nc[n+]([O-])s1)c1cc2c(cc1F)N(Cc1cccc3cncn13)CO2. The van der Waals surface area contributed by atoms with Crippen LogP contribution in [0, 0.1) is 11.0 Å². The molecule has 0 aliphatic carbocycles. The number of anilines is 2. The van der Waals surface area contributed by atoms with Gasteiger partial charge >= 0.3 is 11.5 Å². The van der Waals surface area contributed by atoms with Crippen LogP contribution >= 0.6 is 11.5 Å². The normalized spacial score (nSPS) is 13.4. The summed E-state index contributed by atoms with van der Waals surface area (Å²) in [5.41, 5.74) is 2.28. The molecule has 0 bridgehead atoms. The van der Waals surface area contributed by atoms with E-state index in [2.05, 4.69) is 14.7 Å². The second-order valence-electron chi connectivity index (χ2n) is 6.46. The van der Waals surface area contributed by atoms with E-state index in [0.29, 0.717) is 27.9 Å². The van der Waals surface area contributed by atoms with E-state index in [1.807, 2.05) is 22.6 Å². The second kappa shape index (κ2) is 6.81.